The van der Waals surface area contributed by atoms with Crippen molar-refractivity contribution in [2.24, 2.45) is 0 Å². The van der Waals surface area contributed by atoms with Crippen LogP contribution in [-0.2, 0) is 17.8 Å². The first-order valence-electron chi connectivity index (χ1n) is 7.94. The lowest BCUT2D eigenvalue weighted by Crippen LogP contribution is -2.11. The van der Waals surface area contributed by atoms with E-state index >= 15 is 0 Å². The van der Waals surface area contributed by atoms with Crippen LogP contribution in [0.2, 0.25) is 0 Å². The van der Waals surface area contributed by atoms with E-state index < -0.39 is 5.97 Å². The number of carboxylic acid groups (broad SMARTS) is 1. The van der Waals surface area contributed by atoms with E-state index in [0.717, 1.165) is 16.7 Å². The molecule has 0 aliphatic heterocycles. The van der Waals surface area contributed by atoms with E-state index in [4.69, 9.17) is 10.8 Å². The molecular formula is C16H18N8O2. The fourth-order valence-corrected chi connectivity index (χ4v) is 2.59. The molecule has 1 aromatic carbocycles. The molecule has 10 heteroatoms. The standard InChI is InChI=1S/C16H18N8O2/c1-9-12(5-6-13(25)26)15(20-16(17)19-9)18-8-10-3-2-4-11(7-10)14-21-23-24-22-14/h2-4,7H,5-6,8H2,1H3,(H,25,26)(H3,17,18,19,20)(H,21,22,23,24). The zero-order chi connectivity index (χ0) is 18.5. The molecule has 0 fully saturated rings. The summed E-state index contributed by atoms with van der Waals surface area (Å²) >= 11 is 0. The Hall–Kier alpha value is -3.56. The third-order valence-corrected chi connectivity index (χ3v) is 3.81. The highest BCUT2D eigenvalue weighted by molar-refractivity contribution is 5.67. The zero-order valence-corrected chi connectivity index (χ0v) is 14.1. The van der Waals surface area contributed by atoms with E-state index in [1.807, 2.05) is 24.3 Å². The average molecular weight is 354 g/mol. The Morgan fingerprint density at radius 2 is 2.19 bits per heavy atom. The number of H-pyrrole nitrogens is 1. The fraction of sp³-hybridized carbons (Fsp3) is 0.250. The topological polar surface area (TPSA) is 156 Å². The molecule has 134 valence electrons. The molecule has 5 N–H and O–H groups in total. The maximum Gasteiger partial charge on any atom is 0.303 e. The van der Waals surface area contributed by atoms with Gasteiger partial charge in [-0.3, -0.25) is 4.79 Å². The molecule has 3 rings (SSSR count). The van der Waals surface area contributed by atoms with Gasteiger partial charge in [0.25, 0.3) is 0 Å². The number of aromatic amines is 1. The largest absolute Gasteiger partial charge is 0.481 e. The van der Waals surface area contributed by atoms with Gasteiger partial charge >= 0.3 is 5.97 Å². The number of aromatic nitrogens is 6. The molecule has 2 aromatic heterocycles. The van der Waals surface area contributed by atoms with Crippen LogP contribution in [0.4, 0.5) is 11.8 Å². The number of hydrogen-bond donors (Lipinski definition) is 4. The molecule has 26 heavy (non-hydrogen) atoms. The first kappa shape index (κ1) is 17.3. The molecular weight excluding hydrogens is 336 g/mol. The zero-order valence-electron chi connectivity index (χ0n) is 14.1. The summed E-state index contributed by atoms with van der Waals surface area (Å²) in [4.78, 5) is 19.2. The first-order valence-corrected chi connectivity index (χ1v) is 7.94. The number of tetrazole rings is 1. The number of nitrogen functional groups attached to an aromatic ring is 1. The Balaban J connectivity index is 1.79. The van der Waals surface area contributed by atoms with Crippen molar-refractivity contribution in [3.05, 3.63) is 41.1 Å². The number of hydrogen-bond acceptors (Lipinski definition) is 8. The lowest BCUT2D eigenvalue weighted by Gasteiger charge is -2.13. The molecule has 10 nitrogen and oxygen atoms in total. The van der Waals surface area contributed by atoms with Gasteiger partial charge in [-0.25, -0.2) is 4.98 Å². The van der Waals surface area contributed by atoms with Gasteiger partial charge in [0.05, 0.1) is 0 Å². The van der Waals surface area contributed by atoms with Gasteiger partial charge in [-0.15, -0.1) is 10.2 Å². The Bertz CT molecular complexity index is 911. The van der Waals surface area contributed by atoms with Crippen LogP contribution in [0, 0.1) is 6.92 Å². The molecule has 0 atom stereocenters. The molecule has 0 saturated carbocycles. The van der Waals surface area contributed by atoms with Crippen molar-refractivity contribution < 1.29 is 9.90 Å². The van der Waals surface area contributed by atoms with E-state index in [0.29, 0.717) is 30.3 Å². The van der Waals surface area contributed by atoms with Gasteiger partial charge < -0.3 is 16.2 Å². The number of carboxylic acids is 1. The second kappa shape index (κ2) is 7.55. The first-order chi connectivity index (χ1) is 12.5. The SMILES string of the molecule is Cc1nc(N)nc(NCc2cccc(-c3nn[nH]n3)c2)c1CCC(=O)O. The van der Waals surface area contributed by atoms with Gasteiger partial charge in [-0.2, -0.15) is 10.2 Å². The number of rotatable bonds is 7. The predicted octanol–water partition coefficient (Wildman–Crippen LogP) is 1.18. The summed E-state index contributed by atoms with van der Waals surface area (Å²) in [7, 11) is 0. The van der Waals surface area contributed by atoms with Crippen LogP contribution in [0.1, 0.15) is 23.2 Å². The van der Waals surface area contributed by atoms with Gasteiger partial charge in [-0.1, -0.05) is 18.2 Å². The highest BCUT2D eigenvalue weighted by Crippen LogP contribution is 2.21. The van der Waals surface area contributed by atoms with Crippen molar-refractivity contribution in [3.8, 4) is 11.4 Å². The normalized spacial score (nSPS) is 10.7. The Kier molecular flexibility index (Phi) is 5.02. The van der Waals surface area contributed by atoms with E-state index in [2.05, 4.69) is 35.9 Å². The summed E-state index contributed by atoms with van der Waals surface area (Å²) in [6.45, 7) is 2.26. The highest BCUT2D eigenvalue weighted by Gasteiger charge is 2.12. The van der Waals surface area contributed by atoms with Crippen LogP contribution in [0.5, 0.6) is 0 Å². The lowest BCUT2D eigenvalue weighted by molar-refractivity contribution is -0.136. The van der Waals surface area contributed by atoms with Crippen molar-refractivity contribution >= 4 is 17.7 Å². The molecule has 0 unspecified atom stereocenters. The summed E-state index contributed by atoms with van der Waals surface area (Å²) in [5, 5.41) is 26.1. The van der Waals surface area contributed by atoms with Crippen LogP contribution in [0.25, 0.3) is 11.4 Å². The second-order valence-electron chi connectivity index (χ2n) is 5.68. The van der Waals surface area contributed by atoms with E-state index in [1.54, 1.807) is 6.92 Å². The fourth-order valence-electron chi connectivity index (χ4n) is 2.59. The molecule has 0 aliphatic rings. The smallest absolute Gasteiger partial charge is 0.303 e. The Labute approximate surface area is 148 Å². The minimum atomic E-state index is -0.875. The monoisotopic (exact) mass is 354 g/mol. The van der Waals surface area contributed by atoms with E-state index in [-0.39, 0.29) is 12.4 Å². The van der Waals surface area contributed by atoms with E-state index in [1.165, 1.54) is 0 Å². The minimum Gasteiger partial charge on any atom is -0.481 e. The van der Waals surface area contributed by atoms with Crippen LogP contribution in [0.15, 0.2) is 24.3 Å². The predicted molar refractivity (Wildman–Crippen MR) is 94.1 cm³/mol. The number of nitrogens with zero attached hydrogens (tertiary/aromatic N) is 5. The number of anilines is 2. The number of benzene rings is 1. The number of aryl methyl sites for hydroxylation is 1. The summed E-state index contributed by atoms with van der Waals surface area (Å²) in [6, 6.07) is 7.67. The number of aliphatic carboxylic acids is 1. The third-order valence-electron chi connectivity index (χ3n) is 3.81. The number of nitrogens with one attached hydrogen (secondary N) is 2. The van der Waals surface area contributed by atoms with Crippen molar-refractivity contribution in [2.45, 2.75) is 26.3 Å². The molecule has 0 amide bonds. The molecule has 3 aromatic rings. The maximum atomic E-state index is 10.9. The quantitative estimate of drug-likeness (QED) is 0.489. The van der Waals surface area contributed by atoms with Crippen LogP contribution >= 0.6 is 0 Å². The number of nitrogens with two attached hydrogens (primary N) is 1. The van der Waals surface area contributed by atoms with Crippen LogP contribution < -0.4 is 11.1 Å². The van der Waals surface area contributed by atoms with Crippen LogP contribution in [0.3, 0.4) is 0 Å². The van der Waals surface area contributed by atoms with Gasteiger partial charge in [0.1, 0.15) is 5.82 Å². The summed E-state index contributed by atoms with van der Waals surface area (Å²) in [5.74, 6) is 0.321. The third kappa shape index (κ3) is 4.09. The number of carbonyl (C=O) groups is 1. The van der Waals surface area contributed by atoms with Crippen molar-refractivity contribution in [2.75, 3.05) is 11.1 Å². The Morgan fingerprint density at radius 1 is 1.35 bits per heavy atom. The lowest BCUT2D eigenvalue weighted by atomic mass is 10.1. The molecule has 0 saturated heterocycles. The minimum absolute atomic E-state index is 0.00386. The van der Waals surface area contributed by atoms with Crippen molar-refractivity contribution in [1.82, 2.24) is 30.6 Å². The maximum absolute atomic E-state index is 10.9. The van der Waals surface area contributed by atoms with Gasteiger partial charge in [0, 0.05) is 29.8 Å². The molecule has 2 heterocycles. The Morgan fingerprint density at radius 3 is 2.92 bits per heavy atom. The molecule has 0 spiro atoms. The highest BCUT2D eigenvalue weighted by atomic mass is 16.4. The van der Waals surface area contributed by atoms with Crippen molar-refractivity contribution in [1.29, 1.82) is 0 Å². The van der Waals surface area contributed by atoms with Crippen LogP contribution in [-0.4, -0.2) is 41.7 Å². The van der Waals surface area contributed by atoms with Gasteiger partial charge in [0.2, 0.25) is 11.8 Å². The summed E-state index contributed by atoms with van der Waals surface area (Å²) < 4.78 is 0. The second-order valence-corrected chi connectivity index (χ2v) is 5.68. The average Bonchev–Trinajstić information content (AvgIpc) is 3.13. The van der Waals surface area contributed by atoms with Gasteiger partial charge in [-0.05, 0) is 30.2 Å². The molecule has 0 bridgehead atoms. The molecule has 0 aliphatic carbocycles. The molecule has 0 radical (unpaired) electrons. The van der Waals surface area contributed by atoms with E-state index in [9.17, 15) is 4.79 Å². The van der Waals surface area contributed by atoms with Crippen molar-refractivity contribution in [3.63, 3.8) is 0 Å². The van der Waals surface area contributed by atoms with Gasteiger partial charge in [0.15, 0.2) is 0 Å². The summed E-state index contributed by atoms with van der Waals surface area (Å²) in [6.07, 6.45) is 0.322. The summed E-state index contributed by atoms with van der Waals surface area (Å²) in [5.41, 5.74) is 8.96.